The standard InChI is InChI=1S/C15H20F3N3O/c16-15(17,18)13-11-6-1-2-7-12(11)21(20-13)9-8-19-14(22)10-4-3-5-10/h10H,1-9H2,(H,19,22). The molecule has 1 fully saturated rings. The van der Waals surface area contributed by atoms with Crippen LogP contribution in [0.25, 0.3) is 0 Å². The highest BCUT2D eigenvalue weighted by molar-refractivity contribution is 5.79. The first-order valence-electron chi connectivity index (χ1n) is 7.90. The number of amides is 1. The van der Waals surface area contributed by atoms with Crippen molar-refractivity contribution in [3.63, 3.8) is 0 Å². The van der Waals surface area contributed by atoms with E-state index < -0.39 is 11.9 Å². The molecule has 1 amide bonds. The second-order valence-electron chi connectivity index (χ2n) is 6.12. The van der Waals surface area contributed by atoms with E-state index in [-0.39, 0.29) is 11.8 Å². The maximum Gasteiger partial charge on any atom is 0.435 e. The van der Waals surface area contributed by atoms with E-state index in [4.69, 9.17) is 0 Å². The smallest absolute Gasteiger partial charge is 0.354 e. The monoisotopic (exact) mass is 315 g/mol. The van der Waals surface area contributed by atoms with Crippen molar-refractivity contribution in [2.45, 2.75) is 57.7 Å². The van der Waals surface area contributed by atoms with Gasteiger partial charge >= 0.3 is 6.18 Å². The fourth-order valence-electron chi connectivity index (χ4n) is 3.18. The predicted molar refractivity (Wildman–Crippen MR) is 74.2 cm³/mol. The lowest BCUT2D eigenvalue weighted by atomic mass is 9.85. The number of aromatic nitrogens is 2. The van der Waals surface area contributed by atoms with Gasteiger partial charge in [0, 0.05) is 23.7 Å². The van der Waals surface area contributed by atoms with E-state index in [9.17, 15) is 18.0 Å². The number of alkyl halides is 3. The molecule has 22 heavy (non-hydrogen) atoms. The summed E-state index contributed by atoms with van der Waals surface area (Å²) < 4.78 is 40.6. The fraction of sp³-hybridized carbons (Fsp3) is 0.733. The van der Waals surface area contributed by atoms with E-state index in [0.717, 1.165) is 32.1 Å². The van der Waals surface area contributed by atoms with Crippen molar-refractivity contribution in [2.24, 2.45) is 5.92 Å². The molecule has 0 spiro atoms. The topological polar surface area (TPSA) is 46.9 Å². The number of fused-ring (bicyclic) bond motifs is 1. The van der Waals surface area contributed by atoms with Crippen molar-refractivity contribution in [1.29, 1.82) is 0 Å². The van der Waals surface area contributed by atoms with Crippen LogP contribution in [-0.4, -0.2) is 22.2 Å². The third kappa shape index (κ3) is 2.98. The lowest BCUT2D eigenvalue weighted by molar-refractivity contribution is -0.142. The van der Waals surface area contributed by atoms with Gasteiger partial charge < -0.3 is 5.32 Å². The zero-order valence-electron chi connectivity index (χ0n) is 12.4. The van der Waals surface area contributed by atoms with Crippen LogP contribution in [0.2, 0.25) is 0 Å². The third-order valence-corrected chi connectivity index (χ3v) is 4.62. The van der Waals surface area contributed by atoms with E-state index in [0.29, 0.717) is 37.2 Å². The Kier molecular flexibility index (Phi) is 4.14. The van der Waals surface area contributed by atoms with Gasteiger partial charge in [-0.2, -0.15) is 18.3 Å². The average Bonchev–Trinajstić information content (AvgIpc) is 2.76. The van der Waals surface area contributed by atoms with Gasteiger partial charge in [0.05, 0.1) is 6.54 Å². The summed E-state index contributed by atoms with van der Waals surface area (Å²) in [4.78, 5) is 11.7. The number of rotatable bonds is 4. The van der Waals surface area contributed by atoms with Crippen LogP contribution in [0, 0.1) is 5.92 Å². The highest BCUT2D eigenvalue weighted by atomic mass is 19.4. The molecule has 122 valence electrons. The van der Waals surface area contributed by atoms with Gasteiger partial charge in [-0.3, -0.25) is 9.48 Å². The van der Waals surface area contributed by atoms with Crippen LogP contribution in [0.1, 0.15) is 49.1 Å². The van der Waals surface area contributed by atoms with Crippen LogP contribution in [0.5, 0.6) is 0 Å². The van der Waals surface area contributed by atoms with Gasteiger partial charge in [-0.05, 0) is 38.5 Å². The molecular formula is C15H20F3N3O. The summed E-state index contributed by atoms with van der Waals surface area (Å²) >= 11 is 0. The second kappa shape index (κ2) is 5.93. The quantitative estimate of drug-likeness (QED) is 0.928. The Balaban J connectivity index is 1.68. The van der Waals surface area contributed by atoms with Crippen LogP contribution in [0.15, 0.2) is 0 Å². The summed E-state index contributed by atoms with van der Waals surface area (Å²) in [5, 5.41) is 6.59. The molecular weight excluding hydrogens is 295 g/mol. The van der Waals surface area contributed by atoms with Crippen LogP contribution >= 0.6 is 0 Å². The molecule has 0 bridgehead atoms. The molecule has 2 aliphatic rings. The van der Waals surface area contributed by atoms with Crippen molar-refractivity contribution in [1.82, 2.24) is 15.1 Å². The Hall–Kier alpha value is -1.53. The maximum absolute atomic E-state index is 13.1. The van der Waals surface area contributed by atoms with Gasteiger partial charge in [0.1, 0.15) is 0 Å². The van der Waals surface area contributed by atoms with Crippen molar-refractivity contribution >= 4 is 5.91 Å². The molecule has 1 N–H and O–H groups in total. The van der Waals surface area contributed by atoms with Gasteiger partial charge in [0.15, 0.2) is 5.69 Å². The summed E-state index contributed by atoms with van der Waals surface area (Å²) in [7, 11) is 0. The Morgan fingerprint density at radius 1 is 1.23 bits per heavy atom. The lowest BCUT2D eigenvalue weighted by Gasteiger charge is -2.24. The number of nitrogens with one attached hydrogen (secondary N) is 1. The van der Waals surface area contributed by atoms with E-state index in [1.807, 2.05) is 0 Å². The zero-order chi connectivity index (χ0) is 15.7. The lowest BCUT2D eigenvalue weighted by Crippen LogP contribution is -2.36. The number of carbonyl (C=O) groups excluding carboxylic acids is 1. The first-order chi connectivity index (χ1) is 10.5. The number of halogens is 3. The van der Waals surface area contributed by atoms with Crippen molar-refractivity contribution < 1.29 is 18.0 Å². The maximum atomic E-state index is 13.1. The largest absolute Gasteiger partial charge is 0.435 e. The molecule has 4 nitrogen and oxygen atoms in total. The SMILES string of the molecule is O=C(NCCn1nc(C(F)(F)F)c2c1CCCC2)C1CCC1. The molecule has 1 aromatic rings. The molecule has 0 unspecified atom stereocenters. The number of hydrogen-bond donors (Lipinski definition) is 1. The van der Waals surface area contributed by atoms with Gasteiger partial charge in [0.2, 0.25) is 5.91 Å². The second-order valence-corrected chi connectivity index (χ2v) is 6.12. The summed E-state index contributed by atoms with van der Waals surface area (Å²) in [6, 6.07) is 0. The normalized spacial score (nSPS) is 18.7. The molecule has 2 aliphatic carbocycles. The molecule has 0 radical (unpaired) electrons. The summed E-state index contributed by atoms with van der Waals surface area (Å²) in [5.74, 6) is 0.112. The van der Waals surface area contributed by atoms with Gasteiger partial charge in [-0.25, -0.2) is 0 Å². The Morgan fingerprint density at radius 2 is 1.95 bits per heavy atom. The van der Waals surface area contributed by atoms with E-state index in [1.165, 1.54) is 4.68 Å². The first-order valence-corrected chi connectivity index (χ1v) is 7.90. The Morgan fingerprint density at radius 3 is 2.59 bits per heavy atom. The molecule has 0 atom stereocenters. The number of nitrogens with zero attached hydrogens (tertiary/aromatic N) is 2. The molecule has 1 heterocycles. The molecule has 0 aliphatic heterocycles. The summed E-state index contributed by atoms with van der Waals surface area (Å²) in [6.07, 6.45) is 1.27. The highest BCUT2D eigenvalue weighted by Crippen LogP contribution is 2.35. The molecule has 3 rings (SSSR count). The molecule has 0 saturated heterocycles. The van der Waals surface area contributed by atoms with Crippen molar-refractivity contribution in [3.05, 3.63) is 17.0 Å². The minimum atomic E-state index is -4.40. The predicted octanol–water partition coefficient (Wildman–Crippen LogP) is 2.70. The third-order valence-electron chi connectivity index (χ3n) is 4.62. The summed E-state index contributed by atoms with van der Waals surface area (Å²) in [6.45, 7) is 0.637. The Labute approximate surface area is 127 Å². The van der Waals surface area contributed by atoms with Crippen molar-refractivity contribution in [3.8, 4) is 0 Å². The molecule has 0 aromatic carbocycles. The van der Waals surface area contributed by atoms with Gasteiger partial charge in [0.25, 0.3) is 0 Å². The first kappa shape index (κ1) is 15.4. The highest BCUT2D eigenvalue weighted by Gasteiger charge is 2.39. The van der Waals surface area contributed by atoms with E-state index in [2.05, 4.69) is 10.4 Å². The zero-order valence-corrected chi connectivity index (χ0v) is 12.4. The minimum absolute atomic E-state index is 0.0170. The Bertz CT molecular complexity index is 561. The van der Waals surface area contributed by atoms with Crippen LogP contribution < -0.4 is 5.32 Å². The minimum Gasteiger partial charge on any atom is -0.354 e. The van der Waals surface area contributed by atoms with Gasteiger partial charge in [-0.15, -0.1) is 0 Å². The van der Waals surface area contributed by atoms with Crippen molar-refractivity contribution in [2.75, 3.05) is 6.54 Å². The van der Waals surface area contributed by atoms with Crippen LogP contribution in [0.4, 0.5) is 13.2 Å². The van der Waals surface area contributed by atoms with Gasteiger partial charge in [-0.1, -0.05) is 6.42 Å². The summed E-state index contributed by atoms with van der Waals surface area (Å²) in [5.41, 5.74) is 0.299. The fourth-order valence-corrected chi connectivity index (χ4v) is 3.18. The number of carbonyl (C=O) groups is 1. The van der Waals surface area contributed by atoms with E-state index in [1.54, 1.807) is 0 Å². The molecule has 1 aromatic heterocycles. The molecule has 7 heteroatoms. The van der Waals surface area contributed by atoms with E-state index >= 15 is 0 Å². The average molecular weight is 315 g/mol. The number of hydrogen-bond acceptors (Lipinski definition) is 2. The molecule has 1 saturated carbocycles. The van der Waals surface area contributed by atoms with Crippen LogP contribution in [-0.2, 0) is 30.4 Å². The van der Waals surface area contributed by atoms with Crippen LogP contribution in [0.3, 0.4) is 0 Å².